The highest BCUT2D eigenvalue weighted by Crippen LogP contribution is 2.18. The van der Waals surface area contributed by atoms with Gasteiger partial charge in [-0.05, 0) is 12.8 Å². The standard InChI is InChI=1S/C10H13N3O3/c1-11-7-8(13(15)16)6-9(11)10(14)12-4-2-3-5-12/h6-7H,2-5H2,1H3. The Balaban J connectivity index is 2.25. The highest BCUT2D eigenvalue weighted by atomic mass is 16.6. The summed E-state index contributed by atoms with van der Waals surface area (Å²) in [5, 5.41) is 10.6. The molecule has 0 spiro atoms. The molecule has 86 valence electrons. The molecule has 6 heteroatoms. The average Bonchev–Trinajstić information content (AvgIpc) is 2.84. The van der Waals surface area contributed by atoms with E-state index in [-0.39, 0.29) is 11.6 Å². The second kappa shape index (κ2) is 3.96. The Labute approximate surface area is 92.6 Å². The molecule has 0 aliphatic carbocycles. The van der Waals surface area contributed by atoms with Crippen LogP contribution in [0.25, 0.3) is 0 Å². The summed E-state index contributed by atoms with van der Waals surface area (Å²) in [6, 6.07) is 1.33. The van der Waals surface area contributed by atoms with Gasteiger partial charge in [-0.15, -0.1) is 0 Å². The molecule has 0 atom stereocenters. The third kappa shape index (κ3) is 1.78. The van der Waals surface area contributed by atoms with Gasteiger partial charge in [0.25, 0.3) is 11.6 Å². The normalized spacial score (nSPS) is 15.4. The minimum atomic E-state index is -0.485. The summed E-state index contributed by atoms with van der Waals surface area (Å²) in [6.45, 7) is 1.50. The lowest BCUT2D eigenvalue weighted by molar-refractivity contribution is -0.384. The Kier molecular flexibility index (Phi) is 2.64. The van der Waals surface area contributed by atoms with Crippen molar-refractivity contribution in [3.8, 4) is 0 Å². The van der Waals surface area contributed by atoms with Crippen LogP contribution in [-0.2, 0) is 7.05 Å². The molecule has 0 aromatic carbocycles. The van der Waals surface area contributed by atoms with Gasteiger partial charge in [0.2, 0.25) is 0 Å². The fraction of sp³-hybridized carbons (Fsp3) is 0.500. The van der Waals surface area contributed by atoms with E-state index >= 15 is 0 Å². The molecule has 1 amide bonds. The van der Waals surface area contributed by atoms with Crippen LogP contribution in [0.15, 0.2) is 12.3 Å². The van der Waals surface area contributed by atoms with Gasteiger partial charge in [0.1, 0.15) is 5.69 Å². The molecule has 0 N–H and O–H groups in total. The molecule has 16 heavy (non-hydrogen) atoms. The Hall–Kier alpha value is -1.85. The zero-order valence-electron chi connectivity index (χ0n) is 9.05. The van der Waals surface area contributed by atoms with Crippen molar-refractivity contribution in [3.63, 3.8) is 0 Å². The smallest absolute Gasteiger partial charge is 0.287 e. The lowest BCUT2D eigenvalue weighted by Gasteiger charge is -2.14. The maximum Gasteiger partial charge on any atom is 0.287 e. The Morgan fingerprint density at radius 3 is 2.56 bits per heavy atom. The number of likely N-dealkylation sites (tertiary alicyclic amines) is 1. The predicted octanol–water partition coefficient (Wildman–Crippen LogP) is 1.17. The van der Waals surface area contributed by atoms with E-state index in [1.54, 1.807) is 11.9 Å². The zero-order valence-corrected chi connectivity index (χ0v) is 9.05. The van der Waals surface area contributed by atoms with Crippen molar-refractivity contribution >= 4 is 11.6 Å². The van der Waals surface area contributed by atoms with E-state index in [1.165, 1.54) is 16.8 Å². The SMILES string of the molecule is Cn1cc([N+](=O)[O-])cc1C(=O)N1CCCC1. The van der Waals surface area contributed by atoms with Crippen molar-refractivity contribution in [2.75, 3.05) is 13.1 Å². The molecule has 2 heterocycles. The van der Waals surface area contributed by atoms with E-state index in [9.17, 15) is 14.9 Å². The molecule has 2 rings (SSSR count). The molecule has 6 nitrogen and oxygen atoms in total. The quantitative estimate of drug-likeness (QED) is 0.558. The Morgan fingerprint density at radius 2 is 2.06 bits per heavy atom. The van der Waals surface area contributed by atoms with Crippen molar-refractivity contribution < 1.29 is 9.72 Å². The van der Waals surface area contributed by atoms with E-state index in [2.05, 4.69) is 0 Å². The minimum Gasteiger partial charge on any atom is -0.340 e. The number of nitrogens with zero attached hydrogens (tertiary/aromatic N) is 3. The van der Waals surface area contributed by atoms with Gasteiger partial charge in [0, 0.05) is 26.2 Å². The van der Waals surface area contributed by atoms with Crippen molar-refractivity contribution in [2.24, 2.45) is 7.05 Å². The molecule has 0 unspecified atom stereocenters. The number of hydrogen-bond donors (Lipinski definition) is 0. The first-order valence-corrected chi connectivity index (χ1v) is 5.19. The van der Waals surface area contributed by atoms with Gasteiger partial charge < -0.3 is 9.47 Å². The van der Waals surface area contributed by atoms with Gasteiger partial charge in [-0.3, -0.25) is 14.9 Å². The van der Waals surface area contributed by atoms with E-state index < -0.39 is 4.92 Å². The number of carbonyl (C=O) groups is 1. The maximum atomic E-state index is 12.0. The molecule has 1 saturated heterocycles. The molecule has 1 fully saturated rings. The van der Waals surface area contributed by atoms with Gasteiger partial charge in [-0.2, -0.15) is 0 Å². The van der Waals surface area contributed by atoms with Gasteiger partial charge in [0.15, 0.2) is 0 Å². The number of hydrogen-bond acceptors (Lipinski definition) is 3. The average molecular weight is 223 g/mol. The first-order valence-electron chi connectivity index (χ1n) is 5.19. The molecular weight excluding hydrogens is 210 g/mol. The summed E-state index contributed by atoms with van der Waals surface area (Å²) in [6.07, 6.45) is 3.39. The molecule has 1 aliphatic heterocycles. The highest BCUT2D eigenvalue weighted by molar-refractivity contribution is 5.93. The lowest BCUT2D eigenvalue weighted by Crippen LogP contribution is -2.29. The predicted molar refractivity (Wildman–Crippen MR) is 57.2 cm³/mol. The van der Waals surface area contributed by atoms with E-state index in [1.807, 2.05) is 0 Å². The van der Waals surface area contributed by atoms with Gasteiger partial charge in [-0.1, -0.05) is 0 Å². The molecule has 0 radical (unpaired) electrons. The van der Waals surface area contributed by atoms with Crippen LogP contribution in [0.4, 0.5) is 5.69 Å². The molecular formula is C10H13N3O3. The second-order valence-corrected chi connectivity index (χ2v) is 3.95. The zero-order chi connectivity index (χ0) is 11.7. The van der Waals surface area contributed by atoms with Crippen LogP contribution in [-0.4, -0.2) is 33.4 Å². The van der Waals surface area contributed by atoms with Crippen LogP contribution in [0.3, 0.4) is 0 Å². The van der Waals surface area contributed by atoms with Crippen LogP contribution in [0.2, 0.25) is 0 Å². The molecule has 1 aliphatic rings. The second-order valence-electron chi connectivity index (χ2n) is 3.95. The van der Waals surface area contributed by atoms with Crippen LogP contribution in [0.1, 0.15) is 23.3 Å². The summed E-state index contributed by atoms with van der Waals surface area (Å²) in [5.41, 5.74) is 0.346. The summed E-state index contributed by atoms with van der Waals surface area (Å²) >= 11 is 0. The number of rotatable bonds is 2. The minimum absolute atomic E-state index is 0.0370. The Morgan fingerprint density at radius 1 is 1.44 bits per heavy atom. The van der Waals surface area contributed by atoms with Crippen LogP contribution in [0, 0.1) is 10.1 Å². The van der Waals surface area contributed by atoms with Crippen LogP contribution >= 0.6 is 0 Å². The lowest BCUT2D eigenvalue weighted by atomic mass is 10.3. The van der Waals surface area contributed by atoms with Crippen LogP contribution < -0.4 is 0 Å². The summed E-state index contributed by atoms with van der Waals surface area (Å²) in [5.74, 6) is -0.117. The van der Waals surface area contributed by atoms with Gasteiger partial charge in [0.05, 0.1) is 11.1 Å². The van der Waals surface area contributed by atoms with E-state index in [0.29, 0.717) is 5.69 Å². The number of nitro groups is 1. The Bertz CT molecular complexity index is 433. The molecule has 1 aromatic heterocycles. The number of amides is 1. The summed E-state index contributed by atoms with van der Waals surface area (Å²) < 4.78 is 1.51. The van der Waals surface area contributed by atoms with Crippen molar-refractivity contribution in [1.82, 2.24) is 9.47 Å². The highest BCUT2D eigenvalue weighted by Gasteiger charge is 2.24. The fourth-order valence-electron chi connectivity index (χ4n) is 1.94. The number of carbonyl (C=O) groups excluding carboxylic acids is 1. The third-order valence-corrected chi connectivity index (χ3v) is 2.81. The van der Waals surface area contributed by atoms with Crippen molar-refractivity contribution in [1.29, 1.82) is 0 Å². The fourth-order valence-corrected chi connectivity index (χ4v) is 1.94. The largest absolute Gasteiger partial charge is 0.340 e. The van der Waals surface area contributed by atoms with Gasteiger partial charge >= 0.3 is 0 Å². The molecule has 1 aromatic rings. The molecule has 0 saturated carbocycles. The third-order valence-electron chi connectivity index (χ3n) is 2.81. The van der Waals surface area contributed by atoms with E-state index in [0.717, 1.165) is 25.9 Å². The van der Waals surface area contributed by atoms with Crippen LogP contribution in [0.5, 0.6) is 0 Å². The first kappa shape index (κ1) is 10.7. The topological polar surface area (TPSA) is 68.4 Å². The summed E-state index contributed by atoms with van der Waals surface area (Å²) in [7, 11) is 1.65. The monoisotopic (exact) mass is 223 g/mol. The van der Waals surface area contributed by atoms with Gasteiger partial charge in [-0.25, -0.2) is 0 Å². The maximum absolute atomic E-state index is 12.0. The van der Waals surface area contributed by atoms with E-state index in [4.69, 9.17) is 0 Å². The molecule has 0 bridgehead atoms. The number of aromatic nitrogens is 1. The first-order chi connectivity index (χ1) is 7.59. The number of aryl methyl sites for hydroxylation is 1. The summed E-state index contributed by atoms with van der Waals surface area (Å²) in [4.78, 5) is 23.8. The van der Waals surface area contributed by atoms with Crippen molar-refractivity contribution in [2.45, 2.75) is 12.8 Å². The van der Waals surface area contributed by atoms with Crippen molar-refractivity contribution in [3.05, 3.63) is 28.1 Å².